The maximum atomic E-state index is 11.7. The topological polar surface area (TPSA) is 110 Å². The molecule has 0 amide bonds. The smallest absolute Gasteiger partial charge is 0.341 e. The molecule has 7 nitrogen and oxygen atoms in total. The molecule has 0 unspecified atom stereocenters. The molecule has 1 aromatic rings. The van der Waals surface area contributed by atoms with Gasteiger partial charge in [0.15, 0.2) is 5.78 Å². The van der Waals surface area contributed by atoms with Crippen LogP contribution in [-0.2, 0) is 14.3 Å². The fourth-order valence-electron chi connectivity index (χ4n) is 1.47. The molecule has 0 fully saturated rings. The van der Waals surface area contributed by atoms with E-state index in [1.54, 1.807) is 6.07 Å². The Kier molecular flexibility index (Phi) is 5.77. The molecule has 0 saturated heterocycles. The number of non-ortho nitro benzene ring substituents is 1. The Balaban J connectivity index is 3.02. The summed E-state index contributed by atoms with van der Waals surface area (Å²) in [5, 5.41) is 19.0. The van der Waals surface area contributed by atoms with Gasteiger partial charge in [-0.05, 0) is 18.6 Å². The van der Waals surface area contributed by atoms with Crippen LogP contribution in [0.2, 0.25) is 0 Å². The van der Waals surface area contributed by atoms with E-state index in [0.29, 0.717) is 5.56 Å². The van der Waals surface area contributed by atoms with Crippen molar-refractivity contribution in [3.05, 3.63) is 45.5 Å². The number of esters is 1. The Morgan fingerprint density at radius 3 is 2.76 bits per heavy atom. The highest BCUT2D eigenvalue weighted by Gasteiger charge is 2.16. The third-order valence-electron chi connectivity index (χ3n) is 2.44. The zero-order valence-electron chi connectivity index (χ0n) is 11.2. The van der Waals surface area contributed by atoms with Crippen LogP contribution in [0, 0.1) is 21.4 Å². The quantitative estimate of drug-likeness (QED) is 0.151. The molecular weight excluding hydrogens is 276 g/mol. The van der Waals surface area contributed by atoms with Crippen LogP contribution in [0.5, 0.6) is 0 Å². The zero-order chi connectivity index (χ0) is 15.8. The summed E-state index contributed by atoms with van der Waals surface area (Å²) in [6.07, 6.45) is 1.25. The van der Waals surface area contributed by atoms with Crippen LogP contribution >= 0.6 is 0 Å². The number of hydrogen-bond donors (Lipinski definition) is 0. The Labute approximate surface area is 120 Å². The highest BCUT2D eigenvalue weighted by atomic mass is 16.6. The summed E-state index contributed by atoms with van der Waals surface area (Å²) in [5.74, 6) is -1.38. The first kappa shape index (κ1) is 16.0. The number of Topliss-reactive ketones (excluding diaryl/α,β-unsaturated/α-hetero) is 1. The maximum Gasteiger partial charge on any atom is 0.341 e. The summed E-state index contributed by atoms with van der Waals surface area (Å²) < 4.78 is 4.77. The molecule has 0 aromatic heterocycles. The van der Waals surface area contributed by atoms with Gasteiger partial charge in [0.2, 0.25) is 0 Å². The Bertz CT molecular complexity index is 643. The van der Waals surface area contributed by atoms with Crippen molar-refractivity contribution in [3.63, 3.8) is 0 Å². The van der Waals surface area contributed by atoms with Crippen LogP contribution in [0.4, 0.5) is 5.69 Å². The number of nitro benzene ring substituents is 1. The third kappa shape index (κ3) is 4.87. The second kappa shape index (κ2) is 7.55. The van der Waals surface area contributed by atoms with E-state index in [4.69, 9.17) is 10.00 Å². The van der Waals surface area contributed by atoms with Gasteiger partial charge in [-0.2, -0.15) is 5.26 Å². The number of rotatable bonds is 6. The molecular formula is C14H12N2O5. The van der Waals surface area contributed by atoms with Gasteiger partial charge in [-0.3, -0.25) is 14.9 Å². The SMILES string of the molecule is CC(=O)C(=Cc1cccc([N+](=O)[O-])c1)C(=O)OCCC#N. The summed E-state index contributed by atoms with van der Waals surface area (Å²) in [5.41, 5.74) is -0.0374. The van der Waals surface area contributed by atoms with E-state index in [1.165, 1.54) is 37.3 Å². The second-order valence-corrected chi connectivity index (χ2v) is 4.01. The third-order valence-corrected chi connectivity index (χ3v) is 2.44. The van der Waals surface area contributed by atoms with Gasteiger partial charge in [-0.25, -0.2) is 4.79 Å². The first-order chi connectivity index (χ1) is 9.95. The predicted molar refractivity (Wildman–Crippen MR) is 72.9 cm³/mol. The first-order valence-corrected chi connectivity index (χ1v) is 5.97. The van der Waals surface area contributed by atoms with Gasteiger partial charge in [0.25, 0.3) is 5.69 Å². The molecule has 0 heterocycles. The number of ether oxygens (including phenoxy) is 1. The van der Waals surface area contributed by atoms with Crippen molar-refractivity contribution < 1.29 is 19.2 Å². The van der Waals surface area contributed by atoms with E-state index in [1.807, 2.05) is 0 Å². The van der Waals surface area contributed by atoms with Gasteiger partial charge in [0, 0.05) is 12.1 Å². The lowest BCUT2D eigenvalue weighted by molar-refractivity contribution is -0.384. The van der Waals surface area contributed by atoms with Gasteiger partial charge in [-0.1, -0.05) is 12.1 Å². The normalized spacial score (nSPS) is 10.6. The van der Waals surface area contributed by atoms with E-state index in [0.717, 1.165) is 0 Å². The molecule has 0 saturated carbocycles. The van der Waals surface area contributed by atoms with Crippen LogP contribution in [0.25, 0.3) is 6.08 Å². The zero-order valence-corrected chi connectivity index (χ0v) is 11.2. The number of ketones is 1. The van der Waals surface area contributed by atoms with Crippen molar-refractivity contribution in [1.29, 1.82) is 5.26 Å². The summed E-state index contributed by atoms with van der Waals surface area (Å²) in [7, 11) is 0. The van der Waals surface area contributed by atoms with Gasteiger partial charge in [-0.15, -0.1) is 0 Å². The van der Waals surface area contributed by atoms with Crippen LogP contribution < -0.4 is 0 Å². The maximum absolute atomic E-state index is 11.7. The fraction of sp³-hybridized carbons (Fsp3) is 0.214. The van der Waals surface area contributed by atoms with Gasteiger partial charge < -0.3 is 4.74 Å². The van der Waals surface area contributed by atoms with Gasteiger partial charge in [0.1, 0.15) is 12.2 Å². The van der Waals surface area contributed by atoms with Crippen LogP contribution in [0.15, 0.2) is 29.8 Å². The van der Waals surface area contributed by atoms with Crippen molar-refractivity contribution in [2.75, 3.05) is 6.61 Å². The largest absolute Gasteiger partial charge is 0.461 e. The summed E-state index contributed by atoms with van der Waals surface area (Å²) in [6.45, 7) is 1.07. The average Bonchev–Trinajstić information content (AvgIpc) is 2.44. The van der Waals surface area contributed by atoms with Crippen molar-refractivity contribution in [1.82, 2.24) is 0 Å². The van der Waals surface area contributed by atoms with Crippen LogP contribution in [0.1, 0.15) is 18.9 Å². The van der Waals surface area contributed by atoms with Crippen LogP contribution in [0.3, 0.4) is 0 Å². The van der Waals surface area contributed by atoms with Crippen molar-refractivity contribution in [3.8, 4) is 6.07 Å². The minimum atomic E-state index is -0.857. The van der Waals surface area contributed by atoms with E-state index >= 15 is 0 Å². The molecule has 0 N–H and O–H groups in total. The first-order valence-electron chi connectivity index (χ1n) is 5.97. The van der Waals surface area contributed by atoms with E-state index in [2.05, 4.69) is 0 Å². The highest BCUT2D eigenvalue weighted by Crippen LogP contribution is 2.16. The molecule has 0 aliphatic heterocycles. The molecule has 7 heteroatoms. The lowest BCUT2D eigenvalue weighted by atomic mass is 10.1. The molecule has 1 aromatic carbocycles. The van der Waals surface area contributed by atoms with E-state index in [-0.39, 0.29) is 24.3 Å². The molecule has 1 rings (SSSR count). The van der Waals surface area contributed by atoms with Gasteiger partial charge in [0.05, 0.1) is 17.4 Å². The molecule has 0 aliphatic rings. The Morgan fingerprint density at radius 2 is 2.19 bits per heavy atom. The minimum absolute atomic E-state index is 0.0216. The predicted octanol–water partition coefficient (Wildman–Crippen LogP) is 2.02. The number of nitro groups is 1. The molecule has 21 heavy (non-hydrogen) atoms. The number of benzene rings is 1. The molecule has 0 atom stereocenters. The number of carbonyl (C=O) groups excluding carboxylic acids is 2. The molecule has 0 radical (unpaired) electrons. The van der Waals surface area contributed by atoms with Crippen molar-refractivity contribution in [2.45, 2.75) is 13.3 Å². The van der Waals surface area contributed by atoms with Crippen LogP contribution in [-0.4, -0.2) is 23.3 Å². The van der Waals surface area contributed by atoms with Crippen molar-refractivity contribution >= 4 is 23.5 Å². The molecule has 0 aliphatic carbocycles. The summed E-state index contributed by atoms with van der Waals surface area (Å²) in [4.78, 5) is 33.3. The second-order valence-electron chi connectivity index (χ2n) is 4.01. The standard InChI is InChI=1S/C14H12N2O5/c1-10(17)13(14(18)21-7-3-6-15)9-11-4-2-5-12(8-11)16(19)20/h2,4-5,8-9H,3,7H2,1H3. The number of hydrogen-bond acceptors (Lipinski definition) is 6. The van der Waals surface area contributed by atoms with E-state index < -0.39 is 16.7 Å². The monoisotopic (exact) mass is 288 g/mol. The van der Waals surface area contributed by atoms with Crippen molar-refractivity contribution in [2.24, 2.45) is 0 Å². The average molecular weight is 288 g/mol. The summed E-state index contributed by atoms with van der Waals surface area (Å²) >= 11 is 0. The lowest BCUT2D eigenvalue weighted by Crippen LogP contribution is -2.14. The summed E-state index contributed by atoms with van der Waals surface area (Å²) in [6, 6.07) is 7.32. The number of nitrogens with zero attached hydrogens (tertiary/aromatic N) is 2. The number of carbonyl (C=O) groups is 2. The van der Waals surface area contributed by atoms with E-state index in [9.17, 15) is 19.7 Å². The lowest BCUT2D eigenvalue weighted by Gasteiger charge is -2.04. The Morgan fingerprint density at radius 1 is 1.48 bits per heavy atom. The fourth-order valence-corrected chi connectivity index (χ4v) is 1.47. The molecule has 0 spiro atoms. The van der Waals surface area contributed by atoms with Gasteiger partial charge >= 0.3 is 5.97 Å². The Hall–Kier alpha value is -3.01. The molecule has 108 valence electrons. The molecule has 0 bridgehead atoms. The highest BCUT2D eigenvalue weighted by molar-refractivity contribution is 6.19. The number of nitriles is 1. The minimum Gasteiger partial charge on any atom is -0.461 e.